The van der Waals surface area contributed by atoms with E-state index in [1.807, 2.05) is 19.2 Å². The maximum absolute atomic E-state index is 11.2. The molecule has 1 saturated heterocycles. The summed E-state index contributed by atoms with van der Waals surface area (Å²) in [6.07, 6.45) is 6.49. The van der Waals surface area contributed by atoms with Crippen LogP contribution in [0.25, 0.3) is 0 Å². The molecule has 0 amide bonds. The maximum Gasteiger partial charge on any atom is 0.264 e. The standard InChI is InChI=1S/C12H18N2O3S/c1-14-8-4-6-12(14,10-17-18(2,15)16)11-5-3-7-13-9-11/h3,5,7,9H,4,6,8,10H2,1-2H3. The Morgan fingerprint density at radius 1 is 1.56 bits per heavy atom. The predicted molar refractivity (Wildman–Crippen MR) is 68.6 cm³/mol. The molecule has 0 aliphatic carbocycles. The summed E-state index contributed by atoms with van der Waals surface area (Å²) in [5.41, 5.74) is 0.630. The molecule has 1 aliphatic heterocycles. The van der Waals surface area contributed by atoms with E-state index in [2.05, 4.69) is 9.88 Å². The molecule has 0 aromatic carbocycles. The highest BCUT2D eigenvalue weighted by atomic mass is 32.2. The highest BCUT2D eigenvalue weighted by Gasteiger charge is 2.41. The Kier molecular flexibility index (Phi) is 3.70. The van der Waals surface area contributed by atoms with Gasteiger partial charge in [0.05, 0.1) is 18.4 Å². The Bertz CT molecular complexity index is 503. The normalized spacial score (nSPS) is 25.4. The number of pyridine rings is 1. The van der Waals surface area contributed by atoms with E-state index in [-0.39, 0.29) is 12.1 Å². The summed E-state index contributed by atoms with van der Waals surface area (Å²) in [4.78, 5) is 6.27. The number of rotatable bonds is 4. The molecule has 0 bridgehead atoms. The van der Waals surface area contributed by atoms with Gasteiger partial charge in [0.15, 0.2) is 0 Å². The second-order valence-corrected chi connectivity index (χ2v) is 6.41. The van der Waals surface area contributed by atoms with Gasteiger partial charge in [-0.05, 0) is 38.1 Å². The molecule has 0 saturated carbocycles. The third-order valence-electron chi connectivity index (χ3n) is 3.53. The van der Waals surface area contributed by atoms with Gasteiger partial charge in [-0.25, -0.2) is 0 Å². The van der Waals surface area contributed by atoms with Crippen LogP contribution in [0.5, 0.6) is 0 Å². The van der Waals surface area contributed by atoms with Gasteiger partial charge in [-0.15, -0.1) is 0 Å². The SMILES string of the molecule is CN1CCCC1(COS(C)(=O)=O)c1cccnc1. The lowest BCUT2D eigenvalue weighted by atomic mass is 9.89. The first-order valence-electron chi connectivity index (χ1n) is 5.90. The Morgan fingerprint density at radius 3 is 2.83 bits per heavy atom. The van der Waals surface area contributed by atoms with Gasteiger partial charge in [0.25, 0.3) is 10.1 Å². The van der Waals surface area contributed by atoms with Gasteiger partial charge in [-0.2, -0.15) is 8.42 Å². The lowest BCUT2D eigenvalue weighted by molar-refractivity contribution is 0.0994. The lowest BCUT2D eigenvalue weighted by Crippen LogP contribution is -2.43. The van der Waals surface area contributed by atoms with Crippen molar-refractivity contribution < 1.29 is 12.6 Å². The van der Waals surface area contributed by atoms with Crippen molar-refractivity contribution in [1.29, 1.82) is 0 Å². The smallest absolute Gasteiger partial charge is 0.264 e. The first-order chi connectivity index (χ1) is 8.44. The third kappa shape index (κ3) is 2.71. The molecule has 6 heteroatoms. The maximum atomic E-state index is 11.2. The zero-order valence-corrected chi connectivity index (χ0v) is 11.5. The molecule has 0 radical (unpaired) electrons. The average molecular weight is 270 g/mol. The number of nitrogens with zero attached hydrogens (tertiary/aromatic N) is 2. The van der Waals surface area contributed by atoms with Gasteiger partial charge in [-0.1, -0.05) is 6.07 Å². The van der Waals surface area contributed by atoms with Gasteiger partial charge < -0.3 is 0 Å². The average Bonchev–Trinajstić information content (AvgIpc) is 2.70. The fraction of sp³-hybridized carbons (Fsp3) is 0.583. The van der Waals surface area contributed by atoms with E-state index in [4.69, 9.17) is 4.18 Å². The molecule has 100 valence electrons. The molecule has 18 heavy (non-hydrogen) atoms. The second kappa shape index (κ2) is 4.95. The predicted octanol–water partition coefficient (Wildman–Crippen LogP) is 0.979. The van der Waals surface area contributed by atoms with Crippen LogP contribution >= 0.6 is 0 Å². The van der Waals surface area contributed by atoms with Crippen LogP contribution in [0.15, 0.2) is 24.5 Å². The van der Waals surface area contributed by atoms with Crippen LogP contribution in [0, 0.1) is 0 Å². The molecule has 1 unspecified atom stereocenters. The van der Waals surface area contributed by atoms with Crippen molar-refractivity contribution in [2.75, 3.05) is 26.5 Å². The Hall–Kier alpha value is -0.980. The van der Waals surface area contributed by atoms with E-state index >= 15 is 0 Å². The third-order valence-corrected chi connectivity index (χ3v) is 4.07. The van der Waals surface area contributed by atoms with Crippen molar-refractivity contribution in [3.8, 4) is 0 Å². The van der Waals surface area contributed by atoms with Crippen LogP contribution in [0.3, 0.4) is 0 Å². The molecule has 1 aromatic heterocycles. The van der Waals surface area contributed by atoms with Gasteiger partial charge >= 0.3 is 0 Å². The van der Waals surface area contributed by atoms with Crippen LogP contribution in [-0.2, 0) is 19.8 Å². The summed E-state index contributed by atoms with van der Waals surface area (Å²) < 4.78 is 27.5. The zero-order chi connectivity index (χ0) is 13.2. The largest absolute Gasteiger partial charge is 0.295 e. The van der Waals surface area contributed by atoms with Crippen molar-refractivity contribution in [1.82, 2.24) is 9.88 Å². The molecule has 0 N–H and O–H groups in total. The minimum Gasteiger partial charge on any atom is -0.295 e. The number of hydrogen-bond acceptors (Lipinski definition) is 5. The Labute approximate surface area is 108 Å². The number of likely N-dealkylation sites (N-methyl/N-ethyl adjacent to an activating group) is 1. The second-order valence-electron chi connectivity index (χ2n) is 4.76. The highest BCUT2D eigenvalue weighted by molar-refractivity contribution is 7.85. The highest BCUT2D eigenvalue weighted by Crippen LogP contribution is 2.37. The molecule has 1 aromatic rings. The first-order valence-corrected chi connectivity index (χ1v) is 7.72. The first kappa shape index (κ1) is 13.5. The number of hydrogen-bond donors (Lipinski definition) is 0. The topological polar surface area (TPSA) is 59.5 Å². The molecule has 2 rings (SSSR count). The summed E-state index contributed by atoms with van der Waals surface area (Å²) >= 11 is 0. The van der Waals surface area contributed by atoms with Crippen molar-refractivity contribution in [3.63, 3.8) is 0 Å². The summed E-state index contributed by atoms with van der Waals surface area (Å²) in [7, 11) is -1.44. The molecule has 0 spiro atoms. The molecule has 1 aliphatic rings. The van der Waals surface area contributed by atoms with E-state index in [1.165, 1.54) is 0 Å². The van der Waals surface area contributed by atoms with E-state index in [9.17, 15) is 8.42 Å². The minimum absolute atomic E-state index is 0.147. The molecule has 5 nitrogen and oxygen atoms in total. The fourth-order valence-corrected chi connectivity index (χ4v) is 2.90. The molecule has 1 fully saturated rings. The van der Waals surface area contributed by atoms with E-state index in [0.717, 1.165) is 31.2 Å². The van der Waals surface area contributed by atoms with Gasteiger partial charge in [0, 0.05) is 12.4 Å². The summed E-state index contributed by atoms with van der Waals surface area (Å²) in [5.74, 6) is 0. The van der Waals surface area contributed by atoms with Gasteiger partial charge in [0.1, 0.15) is 0 Å². The molecule has 2 heterocycles. The number of aromatic nitrogens is 1. The quantitative estimate of drug-likeness (QED) is 0.763. The van der Waals surface area contributed by atoms with Crippen LogP contribution in [-0.4, -0.2) is 44.8 Å². The Balaban J connectivity index is 2.30. The summed E-state index contributed by atoms with van der Waals surface area (Å²) in [6, 6.07) is 3.84. The van der Waals surface area contributed by atoms with E-state index in [0.29, 0.717) is 0 Å². The van der Waals surface area contributed by atoms with E-state index < -0.39 is 10.1 Å². The number of likely N-dealkylation sites (tertiary alicyclic amines) is 1. The fourth-order valence-electron chi connectivity index (χ4n) is 2.49. The molecular formula is C12H18N2O3S. The zero-order valence-electron chi connectivity index (χ0n) is 10.7. The van der Waals surface area contributed by atoms with Crippen LogP contribution in [0.4, 0.5) is 0 Å². The summed E-state index contributed by atoms with van der Waals surface area (Å²) in [6.45, 7) is 1.08. The lowest BCUT2D eigenvalue weighted by Gasteiger charge is -2.35. The van der Waals surface area contributed by atoms with Crippen molar-refractivity contribution in [2.45, 2.75) is 18.4 Å². The van der Waals surface area contributed by atoms with Gasteiger partial charge in [-0.3, -0.25) is 14.1 Å². The van der Waals surface area contributed by atoms with Crippen LogP contribution in [0.2, 0.25) is 0 Å². The van der Waals surface area contributed by atoms with E-state index in [1.54, 1.807) is 12.4 Å². The van der Waals surface area contributed by atoms with Crippen LogP contribution < -0.4 is 0 Å². The minimum atomic E-state index is -3.43. The Morgan fingerprint density at radius 2 is 2.33 bits per heavy atom. The van der Waals surface area contributed by atoms with Gasteiger partial charge in [0.2, 0.25) is 0 Å². The van der Waals surface area contributed by atoms with Crippen LogP contribution in [0.1, 0.15) is 18.4 Å². The molecular weight excluding hydrogens is 252 g/mol. The van der Waals surface area contributed by atoms with Crippen molar-refractivity contribution in [3.05, 3.63) is 30.1 Å². The monoisotopic (exact) mass is 270 g/mol. The van der Waals surface area contributed by atoms with Crippen molar-refractivity contribution >= 4 is 10.1 Å². The molecule has 1 atom stereocenters. The van der Waals surface area contributed by atoms with Crippen molar-refractivity contribution in [2.24, 2.45) is 0 Å². The summed E-state index contributed by atoms with van der Waals surface area (Å²) in [5, 5.41) is 0.